The Morgan fingerprint density at radius 3 is 1.03 bits per heavy atom. The van der Waals surface area contributed by atoms with Gasteiger partial charge in [0, 0.05) is 11.4 Å². The Labute approximate surface area is 190 Å². The molecule has 3 nitrogen and oxygen atoms in total. The Balaban J connectivity index is 0. The summed E-state index contributed by atoms with van der Waals surface area (Å²) in [5.41, 5.74) is -0.694. The van der Waals surface area contributed by atoms with E-state index in [0.717, 1.165) is 0 Å². The van der Waals surface area contributed by atoms with Crippen molar-refractivity contribution in [1.29, 1.82) is 0 Å². The van der Waals surface area contributed by atoms with Crippen LogP contribution in [0.15, 0.2) is 0 Å². The van der Waals surface area contributed by atoms with Gasteiger partial charge in [0.15, 0.2) is 0 Å². The number of rotatable bonds is 18. The van der Waals surface area contributed by atoms with Crippen molar-refractivity contribution in [2.45, 2.75) is 138 Å². The molecule has 0 radical (unpaired) electrons. The van der Waals surface area contributed by atoms with Crippen LogP contribution in [0.5, 0.6) is 0 Å². The summed E-state index contributed by atoms with van der Waals surface area (Å²) in [5, 5.41) is 9.91. The number of carboxylic acids is 1. The summed E-state index contributed by atoms with van der Waals surface area (Å²) in [5.74, 6) is -1.01. The third-order valence-electron chi connectivity index (χ3n) is 6.02. The van der Waals surface area contributed by atoms with Crippen LogP contribution in [0.4, 0.5) is 0 Å². The van der Waals surface area contributed by atoms with Crippen molar-refractivity contribution in [2.24, 2.45) is 5.41 Å². The maximum atomic E-state index is 9.91. The average Bonchev–Trinajstić information content (AvgIpc) is 2.67. The summed E-state index contributed by atoms with van der Waals surface area (Å²) in [6, 6.07) is 0. The van der Waals surface area contributed by atoms with Crippen molar-refractivity contribution in [3.05, 3.63) is 0 Å². The molecule has 0 spiro atoms. The van der Waals surface area contributed by atoms with Gasteiger partial charge in [0.05, 0.1) is 26.7 Å². The molecule has 0 aliphatic rings. The summed E-state index contributed by atoms with van der Waals surface area (Å²) in [6.45, 7) is 16.0. The summed E-state index contributed by atoms with van der Waals surface area (Å²) in [7, 11) is 2.54. The van der Waals surface area contributed by atoms with Gasteiger partial charge >= 0.3 is 0 Å². The highest BCUT2D eigenvalue weighted by atomic mass is 16.4. The van der Waals surface area contributed by atoms with E-state index in [1.165, 1.54) is 120 Å². The largest absolute Gasteiger partial charge is 0.550 e. The molecule has 0 saturated heterocycles. The maximum absolute atomic E-state index is 9.91. The third-order valence-corrected chi connectivity index (χ3v) is 6.02. The minimum atomic E-state index is -1.01. The molecule has 0 aliphatic carbocycles. The Hall–Kier alpha value is -0.570. The highest BCUT2D eigenvalue weighted by Gasteiger charge is 2.20. The van der Waals surface area contributed by atoms with Crippen LogP contribution in [0.2, 0.25) is 0 Å². The molecule has 0 rings (SSSR count). The van der Waals surface area contributed by atoms with Gasteiger partial charge in [-0.1, -0.05) is 99.3 Å². The monoisotopic (exact) mass is 427 g/mol. The molecule has 0 fully saturated rings. The molecule has 0 amide bonds. The van der Waals surface area contributed by atoms with Crippen LogP contribution in [0, 0.1) is 5.41 Å². The van der Waals surface area contributed by atoms with Crippen molar-refractivity contribution in [2.75, 3.05) is 26.7 Å². The van der Waals surface area contributed by atoms with Crippen molar-refractivity contribution in [3.8, 4) is 0 Å². The normalized spacial score (nSPS) is 11.8. The topological polar surface area (TPSA) is 40.1 Å². The first-order valence-corrected chi connectivity index (χ1v) is 13.2. The predicted octanol–water partition coefficient (Wildman–Crippen LogP) is 7.13. The van der Waals surface area contributed by atoms with Crippen LogP contribution < -0.4 is 5.11 Å². The van der Waals surface area contributed by atoms with E-state index >= 15 is 0 Å². The standard InChI is InChI=1S/C22H48N.C5H10O2/c1-5-8-11-14-17-20-23(4,21-18-15-12-9-6-2)22-19-16-13-10-7-3;1-5(2,3)4(6)7/h5-22H2,1-4H3;1-3H3,(H,6,7)/q+1;/p-1. The lowest BCUT2D eigenvalue weighted by atomic mass is 9.98. The van der Waals surface area contributed by atoms with E-state index in [-0.39, 0.29) is 0 Å². The molecule has 0 unspecified atom stereocenters. The van der Waals surface area contributed by atoms with Gasteiger partial charge in [0.2, 0.25) is 0 Å². The van der Waals surface area contributed by atoms with Gasteiger partial charge in [-0.2, -0.15) is 0 Å². The molecule has 0 heterocycles. The van der Waals surface area contributed by atoms with E-state index in [9.17, 15) is 9.90 Å². The lowest BCUT2D eigenvalue weighted by molar-refractivity contribution is -0.910. The van der Waals surface area contributed by atoms with Crippen LogP contribution in [-0.4, -0.2) is 37.1 Å². The van der Waals surface area contributed by atoms with Crippen LogP contribution in [0.25, 0.3) is 0 Å². The summed E-state index contributed by atoms with van der Waals surface area (Å²) in [4.78, 5) is 9.91. The zero-order valence-corrected chi connectivity index (χ0v) is 22.0. The zero-order chi connectivity index (χ0) is 23.3. The molecule has 0 aromatic heterocycles. The number of unbranched alkanes of at least 4 members (excludes halogenated alkanes) is 12. The molecule has 0 bridgehead atoms. The molecular formula is C27H57NO2. The van der Waals surface area contributed by atoms with Gasteiger partial charge in [0.1, 0.15) is 0 Å². The third kappa shape index (κ3) is 22.1. The Morgan fingerprint density at radius 2 is 0.833 bits per heavy atom. The Bertz CT molecular complexity index is 338. The van der Waals surface area contributed by atoms with Crippen LogP contribution in [0.3, 0.4) is 0 Å². The van der Waals surface area contributed by atoms with Crippen LogP contribution in [-0.2, 0) is 4.79 Å². The van der Waals surface area contributed by atoms with Crippen molar-refractivity contribution in [3.63, 3.8) is 0 Å². The van der Waals surface area contributed by atoms with E-state index < -0.39 is 11.4 Å². The predicted molar refractivity (Wildman–Crippen MR) is 132 cm³/mol. The van der Waals surface area contributed by atoms with E-state index in [4.69, 9.17) is 0 Å². The Kier molecular flexibility index (Phi) is 21.4. The fourth-order valence-corrected chi connectivity index (χ4v) is 3.63. The second kappa shape index (κ2) is 20.3. The first-order valence-electron chi connectivity index (χ1n) is 13.2. The van der Waals surface area contributed by atoms with Crippen molar-refractivity contribution >= 4 is 5.97 Å². The van der Waals surface area contributed by atoms with E-state index in [1.54, 1.807) is 20.8 Å². The molecule has 0 aromatic carbocycles. The quantitative estimate of drug-likeness (QED) is 0.172. The minimum Gasteiger partial charge on any atom is -0.550 e. The lowest BCUT2D eigenvalue weighted by Crippen LogP contribution is -2.46. The SMILES string of the molecule is CC(C)(C)C(=O)[O-].CCCCCCC[N+](C)(CCCCCCC)CCCCCCC. The second-order valence-corrected chi connectivity index (χ2v) is 10.6. The number of carbonyl (C=O) groups excluding carboxylic acids is 1. The molecular weight excluding hydrogens is 370 g/mol. The zero-order valence-electron chi connectivity index (χ0n) is 22.0. The summed E-state index contributed by atoms with van der Waals surface area (Å²) >= 11 is 0. The molecule has 3 heteroatoms. The van der Waals surface area contributed by atoms with Gasteiger partial charge in [-0.3, -0.25) is 0 Å². The number of hydrogen-bond acceptors (Lipinski definition) is 2. The molecule has 0 N–H and O–H groups in total. The number of aliphatic carboxylic acids is 1. The van der Waals surface area contributed by atoms with E-state index in [0.29, 0.717) is 0 Å². The van der Waals surface area contributed by atoms with Gasteiger partial charge in [-0.05, 0) is 38.5 Å². The fourth-order valence-electron chi connectivity index (χ4n) is 3.63. The lowest BCUT2D eigenvalue weighted by Gasteiger charge is -2.35. The molecule has 0 aliphatic heterocycles. The van der Waals surface area contributed by atoms with Crippen LogP contribution in [0.1, 0.15) is 138 Å². The highest BCUT2D eigenvalue weighted by Crippen LogP contribution is 2.15. The Morgan fingerprint density at radius 1 is 0.600 bits per heavy atom. The summed E-state index contributed by atoms with van der Waals surface area (Å²) < 4.78 is 1.35. The fraction of sp³-hybridized carbons (Fsp3) is 0.963. The van der Waals surface area contributed by atoms with Crippen LogP contribution >= 0.6 is 0 Å². The van der Waals surface area contributed by atoms with Gasteiger partial charge in [-0.15, -0.1) is 0 Å². The first kappa shape index (κ1) is 31.6. The van der Waals surface area contributed by atoms with E-state index in [2.05, 4.69) is 27.8 Å². The number of hydrogen-bond donors (Lipinski definition) is 0. The van der Waals surface area contributed by atoms with E-state index in [1.807, 2.05) is 0 Å². The molecule has 0 aromatic rings. The average molecular weight is 428 g/mol. The number of quaternary nitrogens is 1. The highest BCUT2D eigenvalue weighted by molar-refractivity contribution is 5.70. The maximum Gasteiger partial charge on any atom is 0.0784 e. The number of carboxylic acid groups (broad SMARTS) is 1. The summed E-state index contributed by atoms with van der Waals surface area (Å²) in [6.07, 6.45) is 21.4. The number of carbonyl (C=O) groups is 1. The molecule has 0 saturated carbocycles. The second-order valence-electron chi connectivity index (χ2n) is 10.6. The van der Waals surface area contributed by atoms with Crippen molar-refractivity contribution < 1.29 is 14.4 Å². The molecule has 30 heavy (non-hydrogen) atoms. The van der Waals surface area contributed by atoms with Crippen molar-refractivity contribution in [1.82, 2.24) is 0 Å². The minimum absolute atomic E-state index is 0.694. The molecule has 0 atom stereocenters. The van der Waals surface area contributed by atoms with Gasteiger partial charge in [-0.25, -0.2) is 0 Å². The smallest absolute Gasteiger partial charge is 0.0784 e. The first-order chi connectivity index (χ1) is 14.1. The van der Waals surface area contributed by atoms with Gasteiger partial charge < -0.3 is 14.4 Å². The molecule has 182 valence electrons. The number of nitrogens with zero attached hydrogens (tertiary/aromatic N) is 1. The van der Waals surface area contributed by atoms with Gasteiger partial charge in [0.25, 0.3) is 0 Å².